The Bertz CT molecular complexity index is 97.1. The molecule has 1 rings (SSSR count). The standard InChI is InChI=1S/C6H12N2/c1-5-4-7-8(3)6(5)2/h4-6H,1-3H3/t5-,6?/m0/s1. The summed E-state index contributed by atoms with van der Waals surface area (Å²) in [6, 6.07) is 0.593. The molecule has 0 saturated heterocycles. The molecule has 0 spiro atoms. The second-order valence-electron chi connectivity index (χ2n) is 2.44. The third kappa shape index (κ3) is 0.703. The van der Waals surface area contributed by atoms with Gasteiger partial charge in [0.2, 0.25) is 0 Å². The zero-order chi connectivity index (χ0) is 6.15. The van der Waals surface area contributed by atoms with Gasteiger partial charge in [0, 0.05) is 19.2 Å². The maximum Gasteiger partial charge on any atom is 0.0514 e. The van der Waals surface area contributed by atoms with Gasteiger partial charge >= 0.3 is 0 Å². The molecule has 8 heavy (non-hydrogen) atoms. The van der Waals surface area contributed by atoms with Crippen molar-refractivity contribution in [3.63, 3.8) is 0 Å². The predicted molar refractivity (Wildman–Crippen MR) is 34.9 cm³/mol. The average Bonchev–Trinajstić information content (AvgIpc) is 1.98. The third-order valence-corrected chi connectivity index (χ3v) is 1.83. The quantitative estimate of drug-likeness (QED) is 0.455. The van der Waals surface area contributed by atoms with E-state index < -0.39 is 0 Å². The van der Waals surface area contributed by atoms with Crippen molar-refractivity contribution in [3.05, 3.63) is 0 Å². The first kappa shape index (κ1) is 5.60. The molecule has 0 bridgehead atoms. The molecule has 1 unspecified atom stereocenters. The molecule has 0 N–H and O–H groups in total. The summed E-state index contributed by atoms with van der Waals surface area (Å²) in [7, 11) is 2.00. The normalized spacial score (nSPS) is 36.6. The van der Waals surface area contributed by atoms with Gasteiger partial charge in [0.05, 0.1) is 6.04 Å². The highest BCUT2D eigenvalue weighted by Gasteiger charge is 2.18. The number of hydrogen-bond acceptors (Lipinski definition) is 2. The van der Waals surface area contributed by atoms with Crippen LogP contribution in [0.5, 0.6) is 0 Å². The van der Waals surface area contributed by atoms with E-state index in [0.29, 0.717) is 12.0 Å². The van der Waals surface area contributed by atoms with Crippen LogP contribution < -0.4 is 0 Å². The topological polar surface area (TPSA) is 15.6 Å². The molecule has 0 saturated carbocycles. The molecule has 1 aliphatic rings. The molecule has 0 aromatic rings. The summed E-state index contributed by atoms with van der Waals surface area (Å²) in [5.41, 5.74) is 0. The van der Waals surface area contributed by atoms with Crippen molar-refractivity contribution in [3.8, 4) is 0 Å². The highest BCUT2D eigenvalue weighted by molar-refractivity contribution is 5.62. The predicted octanol–water partition coefficient (Wildman–Crippen LogP) is 0.942. The Morgan fingerprint density at radius 1 is 1.50 bits per heavy atom. The van der Waals surface area contributed by atoms with Crippen molar-refractivity contribution in [2.45, 2.75) is 19.9 Å². The van der Waals surface area contributed by atoms with Gasteiger partial charge < -0.3 is 0 Å². The number of rotatable bonds is 0. The van der Waals surface area contributed by atoms with Gasteiger partial charge in [-0.05, 0) is 6.92 Å². The van der Waals surface area contributed by atoms with Gasteiger partial charge in [-0.3, -0.25) is 5.01 Å². The van der Waals surface area contributed by atoms with Crippen LogP contribution in [-0.4, -0.2) is 24.3 Å². The number of nitrogens with zero attached hydrogens (tertiary/aromatic N) is 2. The van der Waals surface area contributed by atoms with Crippen LogP contribution in [0.15, 0.2) is 5.10 Å². The summed E-state index contributed by atoms with van der Waals surface area (Å²) in [5.74, 6) is 0.625. The summed E-state index contributed by atoms with van der Waals surface area (Å²) >= 11 is 0. The van der Waals surface area contributed by atoms with Crippen LogP contribution in [0.4, 0.5) is 0 Å². The Morgan fingerprint density at radius 3 is 2.25 bits per heavy atom. The van der Waals surface area contributed by atoms with Crippen molar-refractivity contribution in [1.29, 1.82) is 0 Å². The Hall–Kier alpha value is -0.530. The number of hydrazone groups is 1. The Morgan fingerprint density at radius 2 is 2.12 bits per heavy atom. The van der Waals surface area contributed by atoms with Gasteiger partial charge in [-0.15, -0.1) is 0 Å². The lowest BCUT2D eigenvalue weighted by Crippen LogP contribution is -2.23. The summed E-state index contributed by atoms with van der Waals surface area (Å²) in [6.45, 7) is 4.36. The molecule has 0 fully saturated rings. The Balaban J connectivity index is 2.55. The van der Waals surface area contributed by atoms with E-state index in [1.165, 1.54) is 0 Å². The minimum absolute atomic E-state index is 0.593. The van der Waals surface area contributed by atoms with Crippen LogP contribution >= 0.6 is 0 Å². The van der Waals surface area contributed by atoms with E-state index in [1.807, 2.05) is 18.3 Å². The number of hydrogen-bond donors (Lipinski definition) is 0. The second-order valence-corrected chi connectivity index (χ2v) is 2.44. The lowest BCUT2D eigenvalue weighted by molar-refractivity contribution is 0.272. The van der Waals surface area contributed by atoms with E-state index in [0.717, 1.165) is 0 Å². The fourth-order valence-electron chi connectivity index (χ4n) is 0.780. The summed E-state index contributed by atoms with van der Waals surface area (Å²) < 4.78 is 0. The second kappa shape index (κ2) is 1.77. The van der Waals surface area contributed by atoms with E-state index >= 15 is 0 Å². The SMILES string of the molecule is CC1[C@@H](C)C=NN1C. The minimum Gasteiger partial charge on any atom is -0.297 e. The van der Waals surface area contributed by atoms with Crippen molar-refractivity contribution in [2.75, 3.05) is 7.05 Å². The maximum atomic E-state index is 4.11. The summed E-state index contributed by atoms with van der Waals surface area (Å²) in [4.78, 5) is 0. The molecule has 2 heteroatoms. The van der Waals surface area contributed by atoms with E-state index in [9.17, 15) is 0 Å². The molecule has 0 radical (unpaired) electrons. The van der Waals surface area contributed by atoms with Crippen molar-refractivity contribution >= 4 is 6.21 Å². The van der Waals surface area contributed by atoms with Gasteiger partial charge in [0.15, 0.2) is 0 Å². The lowest BCUT2D eigenvalue weighted by Gasteiger charge is -2.16. The van der Waals surface area contributed by atoms with E-state index in [1.54, 1.807) is 0 Å². The molecule has 2 atom stereocenters. The molecule has 0 aromatic heterocycles. The maximum absolute atomic E-state index is 4.11. The van der Waals surface area contributed by atoms with Crippen molar-refractivity contribution in [2.24, 2.45) is 11.0 Å². The fraction of sp³-hybridized carbons (Fsp3) is 0.833. The van der Waals surface area contributed by atoms with Gasteiger partial charge in [0.25, 0.3) is 0 Å². The van der Waals surface area contributed by atoms with Crippen LogP contribution in [0.25, 0.3) is 0 Å². The molecular weight excluding hydrogens is 100 g/mol. The summed E-state index contributed by atoms with van der Waals surface area (Å²) in [6.07, 6.45) is 1.99. The van der Waals surface area contributed by atoms with Crippen LogP contribution in [0.3, 0.4) is 0 Å². The molecule has 46 valence electrons. The molecular formula is C6H12N2. The average molecular weight is 112 g/mol. The van der Waals surface area contributed by atoms with Crippen LogP contribution in [0.2, 0.25) is 0 Å². The Kier molecular flexibility index (Phi) is 1.24. The van der Waals surface area contributed by atoms with Crippen LogP contribution in [-0.2, 0) is 0 Å². The molecule has 1 aliphatic heterocycles. The molecule has 2 nitrogen and oxygen atoms in total. The van der Waals surface area contributed by atoms with Crippen LogP contribution in [0, 0.1) is 5.92 Å². The van der Waals surface area contributed by atoms with Crippen molar-refractivity contribution in [1.82, 2.24) is 5.01 Å². The minimum atomic E-state index is 0.593. The smallest absolute Gasteiger partial charge is 0.0514 e. The molecule has 0 aliphatic carbocycles. The fourth-order valence-corrected chi connectivity index (χ4v) is 0.780. The first-order valence-corrected chi connectivity index (χ1v) is 2.98. The zero-order valence-electron chi connectivity index (χ0n) is 5.63. The van der Waals surface area contributed by atoms with Gasteiger partial charge in [0.1, 0.15) is 0 Å². The molecule has 1 heterocycles. The lowest BCUT2D eigenvalue weighted by atomic mass is 10.1. The van der Waals surface area contributed by atoms with Crippen molar-refractivity contribution < 1.29 is 0 Å². The van der Waals surface area contributed by atoms with Gasteiger partial charge in [-0.25, -0.2) is 0 Å². The molecule has 0 amide bonds. The van der Waals surface area contributed by atoms with E-state index in [2.05, 4.69) is 18.9 Å². The first-order valence-electron chi connectivity index (χ1n) is 2.98. The first-order chi connectivity index (χ1) is 3.72. The molecule has 0 aromatic carbocycles. The summed E-state index contributed by atoms with van der Waals surface area (Å²) in [5, 5.41) is 6.10. The highest BCUT2D eigenvalue weighted by Crippen LogP contribution is 2.12. The highest BCUT2D eigenvalue weighted by atomic mass is 15.5. The van der Waals surface area contributed by atoms with E-state index in [4.69, 9.17) is 0 Å². The van der Waals surface area contributed by atoms with Gasteiger partial charge in [-0.1, -0.05) is 6.92 Å². The van der Waals surface area contributed by atoms with Gasteiger partial charge in [-0.2, -0.15) is 5.10 Å². The monoisotopic (exact) mass is 112 g/mol. The Labute approximate surface area is 50.2 Å². The largest absolute Gasteiger partial charge is 0.297 e. The zero-order valence-corrected chi connectivity index (χ0v) is 5.63. The van der Waals surface area contributed by atoms with E-state index in [-0.39, 0.29) is 0 Å². The van der Waals surface area contributed by atoms with Crippen LogP contribution in [0.1, 0.15) is 13.8 Å². The third-order valence-electron chi connectivity index (χ3n) is 1.83.